The molecule has 0 spiro atoms. The summed E-state index contributed by atoms with van der Waals surface area (Å²) in [6.07, 6.45) is 0.109. The lowest BCUT2D eigenvalue weighted by atomic mass is 9.82. The zero-order chi connectivity index (χ0) is 30.9. The maximum Gasteiger partial charge on any atom is 0.252 e. The van der Waals surface area contributed by atoms with Gasteiger partial charge in [0.1, 0.15) is 5.75 Å². The Morgan fingerprint density at radius 3 is 2.41 bits per heavy atom. The van der Waals surface area contributed by atoms with Crippen LogP contribution in [0.25, 0.3) is 0 Å². The number of amides is 1. The monoisotopic (exact) mass is 658 g/mol. The largest absolute Gasteiger partial charge is 0.494 e. The molecule has 0 saturated heterocycles. The Labute approximate surface area is 265 Å². The number of aliphatic imine (C=N–C) groups is 1. The Morgan fingerprint density at radius 1 is 0.955 bits per heavy atom. The van der Waals surface area contributed by atoms with Gasteiger partial charge in [0.05, 0.1) is 20.8 Å². The van der Waals surface area contributed by atoms with Gasteiger partial charge in [0.15, 0.2) is 23.1 Å². The van der Waals surface area contributed by atoms with E-state index >= 15 is 0 Å². The van der Waals surface area contributed by atoms with Crippen molar-refractivity contribution in [2.75, 3.05) is 27.4 Å². The number of benzene rings is 4. The van der Waals surface area contributed by atoms with E-state index in [0.29, 0.717) is 48.2 Å². The highest BCUT2D eigenvalue weighted by Gasteiger charge is 2.53. The Balaban J connectivity index is 1.56. The number of aliphatic hydroxyl groups is 1. The van der Waals surface area contributed by atoms with Crippen LogP contribution in [-0.2, 0) is 22.5 Å². The lowest BCUT2D eigenvalue weighted by molar-refractivity contribution is -0.129. The summed E-state index contributed by atoms with van der Waals surface area (Å²) in [5.74, 6) is 1.88. The third kappa shape index (κ3) is 6.74. The van der Waals surface area contributed by atoms with Crippen LogP contribution in [0.3, 0.4) is 0 Å². The number of nitrogens with zero attached hydrogens (tertiary/aromatic N) is 1. The van der Waals surface area contributed by atoms with Gasteiger partial charge in [0.25, 0.3) is 5.91 Å². The van der Waals surface area contributed by atoms with E-state index in [0.717, 1.165) is 21.2 Å². The SMILES string of the molecule is COc1cccc(CNC(=O)[C@]2(Cc3ccccc3)N=C(c3ccc(OCCCO)cc3)O[C@@H]2c2ccccc2Br)c1OC. The van der Waals surface area contributed by atoms with Crippen LogP contribution in [0.2, 0.25) is 0 Å². The molecule has 0 saturated carbocycles. The smallest absolute Gasteiger partial charge is 0.252 e. The van der Waals surface area contributed by atoms with Crippen molar-refractivity contribution in [1.82, 2.24) is 5.32 Å². The summed E-state index contributed by atoms with van der Waals surface area (Å²) in [6.45, 7) is 0.675. The van der Waals surface area contributed by atoms with E-state index in [-0.39, 0.29) is 19.1 Å². The number of methoxy groups -OCH3 is 2. The van der Waals surface area contributed by atoms with Gasteiger partial charge in [-0.3, -0.25) is 4.79 Å². The first-order valence-electron chi connectivity index (χ1n) is 14.4. The predicted octanol–water partition coefficient (Wildman–Crippen LogP) is 6.04. The molecule has 0 unspecified atom stereocenters. The lowest BCUT2D eigenvalue weighted by Gasteiger charge is -2.31. The molecule has 1 amide bonds. The summed E-state index contributed by atoms with van der Waals surface area (Å²) < 4.78 is 24.2. The molecule has 0 aliphatic carbocycles. The fourth-order valence-electron chi connectivity index (χ4n) is 5.28. The highest BCUT2D eigenvalue weighted by atomic mass is 79.9. The van der Waals surface area contributed by atoms with Crippen molar-refractivity contribution in [3.63, 3.8) is 0 Å². The third-order valence-electron chi connectivity index (χ3n) is 7.46. The minimum Gasteiger partial charge on any atom is -0.494 e. The van der Waals surface area contributed by atoms with E-state index in [1.54, 1.807) is 14.2 Å². The number of carbonyl (C=O) groups excluding carboxylic acids is 1. The summed E-state index contributed by atoms with van der Waals surface area (Å²) in [7, 11) is 3.16. The molecule has 5 rings (SSSR count). The molecular formula is C35H35BrN2O6. The number of carbonyl (C=O) groups is 1. The van der Waals surface area contributed by atoms with Crippen molar-refractivity contribution in [2.45, 2.75) is 31.0 Å². The molecule has 0 fully saturated rings. The fraction of sp³-hybridized carbons (Fsp3) is 0.257. The molecular weight excluding hydrogens is 624 g/mol. The van der Waals surface area contributed by atoms with Crippen LogP contribution in [0, 0.1) is 0 Å². The number of para-hydroxylation sites is 1. The molecule has 44 heavy (non-hydrogen) atoms. The van der Waals surface area contributed by atoms with E-state index in [9.17, 15) is 4.79 Å². The van der Waals surface area contributed by atoms with Gasteiger partial charge in [-0.2, -0.15) is 0 Å². The van der Waals surface area contributed by atoms with E-state index < -0.39 is 11.6 Å². The van der Waals surface area contributed by atoms with E-state index in [4.69, 9.17) is 29.0 Å². The minimum absolute atomic E-state index is 0.0648. The second-order valence-corrected chi connectivity index (χ2v) is 11.2. The van der Waals surface area contributed by atoms with Crippen molar-refractivity contribution in [1.29, 1.82) is 0 Å². The summed E-state index contributed by atoms with van der Waals surface area (Å²) in [5, 5.41) is 12.2. The maximum atomic E-state index is 14.5. The summed E-state index contributed by atoms with van der Waals surface area (Å²) in [6, 6.07) is 30.5. The fourth-order valence-corrected chi connectivity index (χ4v) is 5.77. The second-order valence-electron chi connectivity index (χ2n) is 10.3. The number of aliphatic hydroxyl groups excluding tert-OH is 1. The van der Waals surface area contributed by atoms with Gasteiger partial charge in [0.2, 0.25) is 5.90 Å². The normalized spacial score (nSPS) is 17.4. The summed E-state index contributed by atoms with van der Waals surface area (Å²) >= 11 is 3.69. The molecule has 228 valence electrons. The van der Waals surface area contributed by atoms with Crippen molar-refractivity contribution < 1.29 is 28.8 Å². The average molecular weight is 660 g/mol. The Bertz CT molecular complexity index is 1590. The van der Waals surface area contributed by atoms with Gasteiger partial charge < -0.3 is 29.4 Å². The van der Waals surface area contributed by atoms with Crippen molar-refractivity contribution in [2.24, 2.45) is 4.99 Å². The number of nitrogens with one attached hydrogen (secondary N) is 1. The number of hydrogen-bond acceptors (Lipinski definition) is 7. The molecule has 4 aromatic carbocycles. The Hall–Kier alpha value is -4.34. The first-order chi connectivity index (χ1) is 21.5. The second kappa shape index (κ2) is 14.4. The molecule has 4 aromatic rings. The van der Waals surface area contributed by atoms with Crippen LogP contribution in [0.4, 0.5) is 0 Å². The lowest BCUT2D eigenvalue weighted by Crippen LogP contribution is -2.49. The Morgan fingerprint density at radius 2 is 1.70 bits per heavy atom. The molecule has 1 heterocycles. The molecule has 9 heteroatoms. The van der Waals surface area contributed by atoms with Crippen molar-refractivity contribution in [3.8, 4) is 17.2 Å². The first kappa shape index (κ1) is 31.1. The molecule has 2 N–H and O–H groups in total. The van der Waals surface area contributed by atoms with Crippen LogP contribution in [0.1, 0.15) is 34.8 Å². The number of halogens is 1. The Kier molecular flexibility index (Phi) is 10.2. The van der Waals surface area contributed by atoms with Gasteiger partial charge in [-0.25, -0.2) is 4.99 Å². The third-order valence-corrected chi connectivity index (χ3v) is 8.18. The average Bonchev–Trinajstić information content (AvgIpc) is 3.44. The van der Waals surface area contributed by atoms with Crippen LogP contribution in [0.5, 0.6) is 17.2 Å². The molecule has 0 aromatic heterocycles. The predicted molar refractivity (Wildman–Crippen MR) is 172 cm³/mol. The number of ether oxygens (including phenoxy) is 4. The van der Waals surface area contributed by atoms with E-state index in [2.05, 4.69) is 21.2 Å². The van der Waals surface area contributed by atoms with Gasteiger partial charge in [-0.15, -0.1) is 0 Å². The quantitative estimate of drug-likeness (QED) is 0.170. The first-order valence-corrected chi connectivity index (χ1v) is 15.2. The number of rotatable bonds is 13. The number of hydrogen-bond donors (Lipinski definition) is 2. The van der Waals surface area contributed by atoms with Gasteiger partial charge in [0, 0.05) is 47.2 Å². The van der Waals surface area contributed by atoms with E-state index in [1.807, 2.05) is 97.1 Å². The maximum absolute atomic E-state index is 14.5. The van der Waals surface area contributed by atoms with Gasteiger partial charge >= 0.3 is 0 Å². The molecule has 0 bridgehead atoms. The highest BCUT2D eigenvalue weighted by Crippen LogP contribution is 2.44. The van der Waals surface area contributed by atoms with Crippen LogP contribution >= 0.6 is 15.9 Å². The molecule has 0 radical (unpaired) electrons. The van der Waals surface area contributed by atoms with Gasteiger partial charge in [-0.05, 0) is 42.0 Å². The zero-order valence-corrected chi connectivity index (χ0v) is 26.3. The van der Waals surface area contributed by atoms with Crippen LogP contribution < -0.4 is 19.5 Å². The van der Waals surface area contributed by atoms with Crippen LogP contribution in [-0.4, -0.2) is 49.9 Å². The highest BCUT2D eigenvalue weighted by molar-refractivity contribution is 9.10. The molecule has 8 nitrogen and oxygen atoms in total. The molecule has 1 aliphatic rings. The van der Waals surface area contributed by atoms with E-state index in [1.165, 1.54) is 0 Å². The van der Waals surface area contributed by atoms with Crippen molar-refractivity contribution in [3.05, 3.63) is 124 Å². The van der Waals surface area contributed by atoms with Crippen LogP contribution in [0.15, 0.2) is 107 Å². The van der Waals surface area contributed by atoms with Gasteiger partial charge in [-0.1, -0.05) is 76.6 Å². The summed E-state index contributed by atoms with van der Waals surface area (Å²) in [4.78, 5) is 19.7. The standard InChI is InChI=1S/C35H35BrN2O6/c1-41-30-15-8-12-26(31(30)42-2)23-37-34(40)35(22-24-10-4-3-5-11-24)32(28-13-6-7-14-29(28)36)44-33(38-35)25-16-18-27(19-17-25)43-21-9-20-39/h3-8,10-19,32,39H,9,20-23H2,1-2H3,(H,37,40)/t32-,35-/m1/s1. The topological polar surface area (TPSA) is 98.6 Å². The summed E-state index contributed by atoms with van der Waals surface area (Å²) in [5.41, 5.74) is 1.89. The molecule has 2 atom stereocenters. The molecule has 1 aliphatic heterocycles. The zero-order valence-electron chi connectivity index (χ0n) is 24.7. The van der Waals surface area contributed by atoms with Crippen molar-refractivity contribution >= 4 is 27.7 Å². The minimum atomic E-state index is -1.34.